The van der Waals surface area contributed by atoms with Crippen molar-refractivity contribution in [3.63, 3.8) is 0 Å². The van der Waals surface area contributed by atoms with Gasteiger partial charge in [0.15, 0.2) is 11.6 Å². The van der Waals surface area contributed by atoms with Crippen molar-refractivity contribution < 1.29 is 9.13 Å². The Morgan fingerprint density at radius 3 is 2.71 bits per heavy atom. The number of benzene rings is 2. The molecule has 0 aliphatic carbocycles. The van der Waals surface area contributed by atoms with Gasteiger partial charge in [0.2, 0.25) is 0 Å². The van der Waals surface area contributed by atoms with E-state index >= 15 is 0 Å². The molecule has 0 unspecified atom stereocenters. The first-order valence-corrected chi connectivity index (χ1v) is 7.84. The Balaban J connectivity index is 1.95. The van der Waals surface area contributed by atoms with Crippen LogP contribution in [0.4, 0.5) is 4.39 Å². The summed E-state index contributed by atoms with van der Waals surface area (Å²) >= 11 is 3.23. The normalized spacial score (nSPS) is 10.6. The first-order valence-electron chi connectivity index (χ1n) is 7.05. The van der Waals surface area contributed by atoms with E-state index < -0.39 is 0 Å². The molecule has 4 heteroatoms. The van der Waals surface area contributed by atoms with Crippen molar-refractivity contribution >= 4 is 15.9 Å². The summed E-state index contributed by atoms with van der Waals surface area (Å²) in [5.74, 6) is -0.0853. The predicted octanol–water partition coefficient (Wildman–Crippen LogP) is 4.67. The Bertz CT molecular complexity index is 589. The second kappa shape index (κ2) is 8.15. The number of ether oxygens (including phenoxy) is 1. The molecule has 0 radical (unpaired) electrons. The van der Waals surface area contributed by atoms with Crippen LogP contribution in [0.3, 0.4) is 0 Å². The second-order valence-corrected chi connectivity index (χ2v) is 5.78. The van der Waals surface area contributed by atoms with E-state index in [0.717, 1.165) is 25.1 Å². The van der Waals surface area contributed by atoms with E-state index in [1.807, 2.05) is 12.1 Å². The molecule has 0 atom stereocenters. The van der Waals surface area contributed by atoms with Gasteiger partial charge in [0.25, 0.3) is 0 Å². The number of rotatable bonds is 7. The Morgan fingerprint density at radius 2 is 1.95 bits per heavy atom. The highest BCUT2D eigenvalue weighted by Gasteiger charge is 2.04. The highest BCUT2D eigenvalue weighted by atomic mass is 79.9. The van der Waals surface area contributed by atoms with Gasteiger partial charge in [0, 0.05) is 11.0 Å². The Labute approximate surface area is 133 Å². The molecule has 2 rings (SSSR count). The zero-order chi connectivity index (χ0) is 15.1. The molecule has 2 nitrogen and oxygen atoms in total. The summed E-state index contributed by atoms with van der Waals surface area (Å²) in [7, 11) is 0. The molecule has 0 saturated heterocycles. The minimum Gasteiger partial charge on any atom is -0.486 e. The zero-order valence-electron chi connectivity index (χ0n) is 12.0. The predicted molar refractivity (Wildman–Crippen MR) is 86.9 cm³/mol. The zero-order valence-corrected chi connectivity index (χ0v) is 13.6. The summed E-state index contributed by atoms with van der Waals surface area (Å²) in [6, 6.07) is 12.9. The molecule has 0 bridgehead atoms. The van der Waals surface area contributed by atoms with Crippen LogP contribution in [-0.4, -0.2) is 6.54 Å². The molecule has 0 spiro atoms. The molecule has 1 N–H and O–H groups in total. The molecule has 0 aliphatic rings. The minimum atomic E-state index is -0.356. The van der Waals surface area contributed by atoms with Crippen molar-refractivity contribution in [3.05, 3.63) is 63.9 Å². The molecular weight excluding hydrogens is 333 g/mol. The monoisotopic (exact) mass is 351 g/mol. The van der Waals surface area contributed by atoms with Gasteiger partial charge in [-0.05, 0) is 42.3 Å². The SMILES string of the molecule is CCCNCc1cccc(COc2ccc(Br)cc2F)c1. The molecule has 2 aromatic rings. The molecule has 0 amide bonds. The Morgan fingerprint density at radius 1 is 1.14 bits per heavy atom. The van der Waals surface area contributed by atoms with Crippen molar-refractivity contribution in [2.24, 2.45) is 0 Å². The van der Waals surface area contributed by atoms with Crippen LogP contribution in [0.2, 0.25) is 0 Å². The minimum absolute atomic E-state index is 0.271. The van der Waals surface area contributed by atoms with Gasteiger partial charge in [-0.2, -0.15) is 0 Å². The van der Waals surface area contributed by atoms with Crippen LogP contribution in [0, 0.1) is 5.82 Å². The number of hydrogen-bond acceptors (Lipinski definition) is 2. The van der Waals surface area contributed by atoms with Gasteiger partial charge >= 0.3 is 0 Å². The van der Waals surface area contributed by atoms with Crippen LogP contribution in [0.25, 0.3) is 0 Å². The maximum Gasteiger partial charge on any atom is 0.166 e. The maximum atomic E-state index is 13.7. The topological polar surface area (TPSA) is 21.3 Å². The molecule has 112 valence electrons. The number of hydrogen-bond donors (Lipinski definition) is 1. The van der Waals surface area contributed by atoms with Gasteiger partial charge in [-0.15, -0.1) is 0 Å². The van der Waals surface area contributed by atoms with Crippen molar-refractivity contribution in [2.75, 3.05) is 6.54 Å². The van der Waals surface area contributed by atoms with Gasteiger partial charge in [0.05, 0.1) is 0 Å². The Hall–Kier alpha value is -1.39. The number of halogens is 2. The highest BCUT2D eigenvalue weighted by Crippen LogP contribution is 2.22. The molecule has 0 fully saturated rings. The van der Waals surface area contributed by atoms with Crippen molar-refractivity contribution in [1.82, 2.24) is 5.32 Å². The molecule has 0 aromatic heterocycles. The smallest absolute Gasteiger partial charge is 0.166 e. The first kappa shape index (κ1) is 16.0. The van der Waals surface area contributed by atoms with E-state index in [0.29, 0.717) is 11.1 Å². The fourth-order valence-electron chi connectivity index (χ4n) is 1.99. The van der Waals surface area contributed by atoms with E-state index in [-0.39, 0.29) is 11.6 Å². The van der Waals surface area contributed by atoms with Gasteiger partial charge in [-0.25, -0.2) is 4.39 Å². The molecule has 21 heavy (non-hydrogen) atoms. The average Bonchev–Trinajstić information content (AvgIpc) is 2.47. The summed E-state index contributed by atoms with van der Waals surface area (Å²) in [6.07, 6.45) is 1.12. The Kier molecular flexibility index (Phi) is 6.21. The van der Waals surface area contributed by atoms with Crippen LogP contribution >= 0.6 is 15.9 Å². The van der Waals surface area contributed by atoms with E-state index in [1.54, 1.807) is 12.1 Å². The largest absolute Gasteiger partial charge is 0.486 e. The van der Waals surface area contributed by atoms with E-state index in [4.69, 9.17) is 4.74 Å². The highest BCUT2D eigenvalue weighted by molar-refractivity contribution is 9.10. The fraction of sp³-hybridized carbons (Fsp3) is 0.294. The van der Waals surface area contributed by atoms with E-state index in [1.165, 1.54) is 11.6 Å². The van der Waals surface area contributed by atoms with E-state index in [2.05, 4.69) is 40.3 Å². The third kappa shape index (κ3) is 5.14. The van der Waals surface area contributed by atoms with Crippen LogP contribution in [0.1, 0.15) is 24.5 Å². The summed E-state index contributed by atoms with van der Waals surface area (Å²) < 4.78 is 19.9. The molecular formula is C17H19BrFNO. The van der Waals surface area contributed by atoms with Gasteiger partial charge < -0.3 is 10.1 Å². The first-order chi connectivity index (χ1) is 10.2. The third-order valence-corrected chi connectivity index (χ3v) is 3.53. The lowest BCUT2D eigenvalue weighted by Crippen LogP contribution is -2.13. The third-order valence-electron chi connectivity index (χ3n) is 3.04. The second-order valence-electron chi connectivity index (χ2n) is 4.86. The average molecular weight is 352 g/mol. The standard InChI is InChI=1S/C17H19BrFNO/c1-2-8-20-11-13-4-3-5-14(9-13)12-21-17-7-6-15(18)10-16(17)19/h3-7,9-10,20H,2,8,11-12H2,1H3. The maximum absolute atomic E-state index is 13.7. The van der Waals surface area contributed by atoms with Crippen LogP contribution in [0.15, 0.2) is 46.9 Å². The van der Waals surface area contributed by atoms with Crippen molar-refractivity contribution in [1.29, 1.82) is 0 Å². The quantitative estimate of drug-likeness (QED) is 0.732. The summed E-state index contributed by atoms with van der Waals surface area (Å²) in [6.45, 7) is 4.35. The van der Waals surface area contributed by atoms with Crippen molar-refractivity contribution in [2.45, 2.75) is 26.5 Å². The molecule has 0 aliphatic heterocycles. The van der Waals surface area contributed by atoms with E-state index in [9.17, 15) is 4.39 Å². The van der Waals surface area contributed by atoms with Gasteiger partial charge in [0.1, 0.15) is 6.61 Å². The molecule has 2 aromatic carbocycles. The van der Waals surface area contributed by atoms with Crippen LogP contribution in [0.5, 0.6) is 5.75 Å². The number of nitrogens with one attached hydrogen (secondary N) is 1. The lowest BCUT2D eigenvalue weighted by molar-refractivity contribution is 0.290. The van der Waals surface area contributed by atoms with Crippen molar-refractivity contribution in [3.8, 4) is 5.75 Å². The molecule has 0 heterocycles. The fourth-order valence-corrected chi connectivity index (χ4v) is 2.33. The summed E-state index contributed by atoms with van der Waals surface area (Å²) in [5, 5.41) is 3.36. The summed E-state index contributed by atoms with van der Waals surface area (Å²) in [4.78, 5) is 0. The van der Waals surface area contributed by atoms with Gasteiger partial charge in [-0.3, -0.25) is 0 Å². The van der Waals surface area contributed by atoms with Gasteiger partial charge in [-0.1, -0.05) is 47.1 Å². The molecule has 0 saturated carbocycles. The lowest BCUT2D eigenvalue weighted by Gasteiger charge is -2.09. The van der Waals surface area contributed by atoms with Crippen LogP contribution in [-0.2, 0) is 13.2 Å². The lowest BCUT2D eigenvalue weighted by atomic mass is 10.1. The van der Waals surface area contributed by atoms with Crippen LogP contribution < -0.4 is 10.1 Å². The summed E-state index contributed by atoms with van der Waals surface area (Å²) in [5.41, 5.74) is 2.24.